The van der Waals surface area contributed by atoms with E-state index in [9.17, 15) is 33.9 Å². The van der Waals surface area contributed by atoms with Crippen LogP contribution >= 0.6 is 11.8 Å². The average Bonchev–Trinajstić information content (AvgIpc) is 4.16. The largest absolute Gasteiger partial charge is 0.545 e. The van der Waals surface area contributed by atoms with Crippen LogP contribution in [0.15, 0.2) is 76.5 Å². The van der Waals surface area contributed by atoms with Crippen molar-refractivity contribution in [2.45, 2.75) is 89.7 Å². The maximum absolute atomic E-state index is 13.6. The number of thioether (sulfide) groups is 1. The fourth-order valence-corrected chi connectivity index (χ4v) is 9.89. The van der Waals surface area contributed by atoms with Gasteiger partial charge in [0.25, 0.3) is 5.91 Å². The zero-order valence-corrected chi connectivity index (χ0v) is 46.5. The number of carbonyl (C=O) groups is 6. The Balaban J connectivity index is 0.806. The number of amides is 5. The molecule has 5 amide bonds. The summed E-state index contributed by atoms with van der Waals surface area (Å²) < 4.78 is 11.9. The Labute approximate surface area is 461 Å². The summed E-state index contributed by atoms with van der Waals surface area (Å²) >= 11 is 1.09. The maximum Gasteiger partial charge on any atom is 0.251 e. The second kappa shape index (κ2) is 26.9. The van der Waals surface area contributed by atoms with Gasteiger partial charge >= 0.3 is 0 Å². The molecule has 7 rings (SSSR count). The maximum atomic E-state index is 13.6. The number of azide groups is 1. The molecule has 1 unspecified atom stereocenters. The summed E-state index contributed by atoms with van der Waals surface area (Å²) in [6.45, 7) is 9.53. The number of aromatic carboxylic acids is 1. The molecule has 2 aromatic heterocycles. The molecule has 24 nitrogen and oxygen atoms in total. The third-order valence-electron chi connectivity index (χ3n) is 13.1. The van der Waals surface area contributed by atoms with Gasteiger partial charge in [-0.25, -0.2) is 9.26 Å². The highest BCUT2D eigenvalue weighted by atomic mass is 32.2. The van der Waals surface area contributed by atoms with Gasteiger partial charge in [0, 0.05) is 136 Å². The molecule has 1 fully saturated rings. The fourth-order valence-electron chi connectivity index (χ4n) is 8.91. The molecular weight excluding hydrogens is 1030 g/mol. The smallest absolute Gasteiger partial charge is 0.251 e. The standard InChI is InChI=1S/C54H68N16O8S/c1-54(2,3)70-33-37(61-64-70)31-67(23-11-22-59-62-55)30-36-32-68(63-60-36)24-8-12-47(71)56-19-9-20-57-48(72)34-79-46-29-49(73)69(52(46)75)25-10-21-58-51(74)35-13-16-40(53(76)77)43(26-35)50-41-17-14-38(65(4)5)27-44(41)78-45-28-39(66(6)7)15-18-42(45)50/h13-18,26-28,32-33,46H,8-12,19-25,29-31,34H2,1-7H3,(H3-,56,57,58,71,72,74,76,77). The van der Waals surface area contributed by atoms with Gasteiger partial charge in [-0.2, -0.15) is 0 Å². The molecule has 2 aromatic carbocycles. The van der Waals surface area contributed by atoms with Gasteiger partial charge in [-0.3, -0.25) is 38.5 Å². The van der Waals surface area contributed by atoms with Crippen molar-refractivity contribution in [3.63, 3.8) is 0 Å². The Bertz CT molecular complexity index is 3280. The summed E-state index contributed by atoms with van der Waals surface area (Å²) in [7, 11) is 7.63. The minimum atomic E-state index is -1.41. The van der Waals surface area contributed by atoms with Gasteiger partial charge in [-0.1, -0.05) is 21.6 Å². The van der Waals surface area contributed by atoms with Crippen molar-refractivity contribution < 1.29 is 38.3 Å². The number of carboxylic acid groups (broad SMARTS) is 1. The van der Waals surface area contributed by atoms with Gasteiger partial charge < -0.3 is 35.2 Å². The molecule has 0 spiro atoms. The monoisotopic (exact) mass is 1100 g/mol. The molecule has 4 heterocycles. The molecule has 25 heteroatoms. The van der Waals surface area contributed by atoms with E-state index in [1.807, 2.05) is 91.1 Å². The number of carboxylic acids is 1. The molecule has 0 radical (unpaired) electrons. The SMILES string of the molecule is CN(C)c1ccc2c(-c3cc(C(=O)NCCCN4C(=O)CC(SCC(=O)NCCCNC(=O)CCCn5cc(CN(CCCN=[N+]=[N-])Cc6cn(C(C)(C)C)nn6)nn5)C4=O)ccc3C(=O)[O-])c3ccc(=[N+](C)C)cc-3oc2c1. The number of carbonyl (C=O) groups excluding carboxylic acids is 6. The van der Waals surface area contributed by atoms with Crippen LogP contribution in [0.25, 0.3) is 43.9 Å². The zero-order chi connectivity index (χ0) is 56.8. The lowest BCUT2D eigenvalue weighted by Crippen LogP contribution is -2.35. The molecule has 3 N–H and O–H groups in total. The second-order valence-electron chi connectivity index (χ2n) is 20.6. The van der Waals surface area contributed by atoms with Gasteiger partial charge in [0.2, 0.25) is 29.0 Å². The number of imide groups is 1. The van der Waals surface area contributed by atoms with Gasteiger partial charge in [0.1, 0.15) is 25.4 Å². The predicted octanol–water partition coefficient (Wildman–Crippen LogP) is 3.39. The van der Waals surface area contributed by atoms with Crippen LogP contribution in [0.3, 0.4) is 0 Å². The molecule has 1 saturated heterocycles. The predicted molar refractivity (Wildman–Crippen MR) is 296 cm³/mol. The van der Waals surface area contributed by atoms with Crippen LogP contribution < -0.4 is 35.9 Å². The number of likely N-dealkylation sites (tertiary alicyclic amines) is 1. The number of benzene rings is 3. The van der Waals surface area contributed by atoms with Crippen molar-refractivity contribution in [1.82, 2.24) is 60.3 Å². The lowest BCUT2D eigenvalue weighted by molar-refractivity contribution is -0.255. The first kappa shape index (κ1) is 58.5. The van der Waals surface area contributed by atoms with E-state index in [0.29, 0.717) is 92.9 Å². The average molecular weight is 1100 g/mol. The minimum absolute atomic E-state index is 0.0318. The van der Waals surface area contributed by atoms with E-state index in [1.165, 1.54) is 18.2 Å². The number of hydrogen-bond acceptors (Lipinski definition) is 16. The molecule has 1 atom stereocenters. The van der Waals surface area contributed by atoms with Crippen LogP contribution in [0.4, 0.5) is 5.69 Å². The van der Waals surface area contributed by atoms with Crippen LogP contribution in [-0.4, -0.2) is 154 Å². The number of rotatable bonds is 27. The number of aromatic nitrogens is 6. The van der Waals surface area contributed by atoms with Crippen LogP contribution in [0.5, 0.6) is 0 Å². The first-order chi connectivity index (χ1) is 37.8. The van der Waals surface area contributed by atoms with Crippen molar-refractivity contribution in [2.24, 2.45) is 5.11 Å². The van der Waals surface area contributed by atoms with E-state index in [0.717, 1.165) is 39.1 Å². The quantitative estimate of drug-likeness (QED) is 0.0127. The Kier molecular flexibility index (Phi) is 20.0. The third kappa shape index (κ3) is 15.8. The van der Waals surface area contributed by atoms with E-state index in [-0.39, 0.29) is 78.1 Å². The van der Waals surface area contributed by atoms with Gasteiger partial charge in [-0.05, 0) is 94.4 Å². The van der Waals surface area contributed by atoms with E-state index >= 15 is 0 Å². The molecule has 0 saturated carbocycles. The van der Waals surface area contributed by atoms with E-state index < -0.39 is 23.0 Å². The minimum Gasteiger partial charge on any atom is -0.545 e. The molecule has 3 aliphatic rings. The van der Waals surface area contributed by atoms with E-state index in [4.69, 9.17) is 9.95 Å². The summed E-state index contributed by atoms with van der Waals surface area (Å²) in [6.07, 6.45) is 5.95. The molecule has 4 aromatic rings. The highest BCUT2D eigenvalue weighted by molar-refractivity contribution is 8.01. The molecule has 0 bridgehead atoms. The Morgan fingerprint density at radius 3 is 2.32 bits per heavy atom. The van der Waals surface area contributed by atoms with E-state index in [1.54, 1.807) is 4.68 Å². The Hall–Kier alpha value is -8.15. The molecule has 418 valence electrons. The number of nitrogens with zero attached hydrogens (tertiary/aromatic N) is 13. The first-order valence-corrected chi connectivity index (χ1v) is 27.2. The van der Waals surface area contributed by atoms with Crippen LogP contribution in [-0.2, 0) is 44.4 Å². The molecule has 2 aliphatic heterocycles. The second-order valence-corrected chi connectivity index (χ2v) is 21.8. The number of nitrogens with one attached hydrogen (secondary N) is 3. The van der Waals surface area contributed by atoms with Crippen molar-refractivity contribution in [2.75, 3.05) is 78.1 Å². The number of aryl methyl sites for hydroxylation is 1. The normalized spacial score (nSPS) is 13.5. The molecule has 1 aliphatic carbocycles. The van der Waals surface area contributed by atoms with Crippen molar-refractivity contribution in [3.8, 4) is 22.5 Å². The summed E-state index contributed by atoms with van der Waals surface area (Å²) in [6, 6.07) is 15.6. The lowest BCUT2D eigenvalue weighted by Gasteiger charge is -2.20. The molecule has 79 heavy (non-hydrogen) atoms. The van der Waals surface area contributed by atoms with Crippen molar-refractivity contribution in [1.29, 1.82) is 0 Å². The van der Waals surface area contributed by atoms with Crippen molar-refractivity contribution in [3.05, 3.63) is 105 Å². The Morgan fingerprint density at radius 1 is 0.873 bits per heavy atom. The summed E-state index contributed by atoms with van der Waals surface area (Å²) in [4.78, 5) is 85.7. The van der Waals surface area contributed by atoms with Gasteiger partial charge in [0.15, 0.2) is 0 Å². The summed E-state index contributed by atoms with van der Waals surface area (Å²) in [5.41, 5.74) is 13.0. The van der Waals surface area contributed by atoms with E-state index in [2.05, 4.69) is 72.3 Å². The Morgan fingerprint density at radius 2 is 1.61 bits per heavy atom. The van der Waals surface area contributed by atoms with Crippen LogP contribution in [0.1, 0.15) is 91.4 Å². The fraction of sp³-hybridized carbons (Fsp3) is 0.463. The topological polar surface area (TPSA) is 298 Å². The number of hydrogen-bond donors (Lipinski definition) is 3. The number of fused-ring (bicyclic) bond motifs is 2. The van der Waals surface area contributed by atoms with Gasteiger partial charge in [-0.15, -0.1) is 22.0 Å². The van der Waals surface area contributed by atoms with Gasteiger partial charge in [0.05, 0.1) is 46.2 Å². The summed E-state index contributed by atoms with van der Waals surface area (Å²) in [5, 5.41) is 42.7. The first-order valence-electron chi connectivity index (χ1n) is 26.1. The third-order valence-corrected chi connectivity index (χ3v) is 14.3. The highest BCUT2D eigenvalue weighted by Gasteiger charge is 2.38. The number of anilines is 1. The van der Waals surface area contributed by atoms with Crippen LogP contribution in [0, 0.1) is 0 Å². The highest BCUT2D eigenvalue weighted by Crippen LogP contribution is 2.42. The summed E-state index contributed by atoms with van der Waals surface area (Å²) in [5.74, 6) is -2.59. The molecular formula is C54H68N16O8S. The lowest BCUT2D eigenvalue weighted by atomic mass is 9.89. The van der Waals surface area contributed by atoms with Crippen molar-refractivity contribution >= 4 is 63.9 Å². The van der Waals surface area contributed by atoms with Crippen LogP contribution in [0.2, 0.25) is 0 Å². The zero-order valence-electron chi connectivity index (χ0n) is 45.7.